The van der Waals surface area contributed by atoms with Crippen LogP contribution >= 0.6 is 11.8 Å². The Hall–Kier alpha value is -2.56. The predicted molar refractivity (Wildman–Crippen MR) is 92.6 cm³/mol. The Balaban J connectivity index is 2.21. The minimum absolute atomic E-state index is 0.220. The summed E-state index contributed by atoms with van der Waals surface area (Å²) in [5.74, 6) is -0.220. The van der Waals surface area contributed by atoms with Gasteiger partial charge < -0.3 is 0 Å². The van der Waals surface area contributed by atoms with Crippen LogP contribution in [-0.4, -0.2) is 27.7 Å². The molecule has 0 aliphatic carbocycles. The number of hydrogen-bond donors (Lipinski definition) is 1. The van der Waals surface area contributed by atoms with Crippen LogP contribution in [-0.2, 0) is 9.63 Å². The van der Waals surface area contributed by atoms with E-state index >= 15 is 0 Å². The Kier molecular flexibility index (Phi) is 4.42. The first-order valence-electron chi connectivity index (χ1n) is 7.37. The Morgan fingerprint density at radius 1 is 1.46 bits per heavy atom. The molecule has 0 saturated heterocycles. The van der Waals surface area contributed by atoms with Gasteiger partial charge in [-0.2, -0.15) is 5.26 Å². The molecule has 0 radical (unpaired) electrons. The van der Waals surface area contributed by atoms with Crippen molar-refractivity contribution in [3.05, 3.63) is 41.5 Å². The van der Waals surface area contributed by atoms with Gasteiger partial charge in [0.1, 0.15) is 6.07 Å². The molecule has 24 heavy (non-hydrogen) atoms. The third kappa shape index (κ3) is 2.70. The van der Waals surface area contributed by atoms with E-state index in [-0.39, 0.29) is 11.2 Å². The number of hydrogen-bond acceptors (Lipinski definition) is 5. The van der Waals surface area contributed by atoms with E-state index in [0.29, 0.717) is 11.2 Å². The summed E-state index contributed by atoms with van der Waals surface area (Å²) in [4.78, 5) is 21.2. The number of hydroxylamine groups is 1. The van der Waals surface area contributed by atoms with Crippen LogP contribution in [0.25, 0.3) is 16.7 Å². The normalized spacial score (nSPS) is 12.2. The lowest BCUT2D eigenvalue weighted by atomic mass is 10.2. The maximum Gasteiger partial charge on any atom is 0.256 e. The summed E-state index contributed by atoms with van der Waals surface area (Å²) in [5.41, 5.74) is 6.06. The monoisotopic (exact) mass is 340 g/mol. The summed E-state index contributed by atoms with van der Waals surface area (Å²) < 4.78 is 1.93. The van der Waals surface area contributed by atoms with Crippen molar-refractivity contribution in [1.29, 1.82) is 5.26 Å². The van der Waals surface area contributed by atoms with Crippen molar-refractivity contribution in [2.75, 3.05) is 7.11 Å². The quantitative estimate of drug-likeness (QED) is 0.583. The molecule has 1 amide bonds. The van der Waals surface area contributed by atoms with Gasteiger partial charge in [-0.3, -0.25) is 14.0 Å². The van der Waals surface area contributed by atoms with Gasteiger partial charge in [-0.05, 0) is 37.6 Å². The molecular weight excluding hydrogens is 324 g/mol. The van der Waals surface area contributed by atoms with Crippen LogP contribution in [0.15, 0.2) is 35.4 Å². The molecule has 0 saturated carbocycles. The largest absolute Gasteiger partial charge is 0.286 e. The van der Waals surface area contributed by atoms with Crippen LogP contribution < -0.4 is 5.48 Å². The van der Waals surface area contributed by atoms with Crippen molar-refractivity contribution in [2.45, 2.75) is 24.1 Å². The zero-order chi connectivity index (χ0) is 17.3. The number of pyridine rings is 1. The van der Waals surface area contributed by atoms with E-state index in [1.54, 1.807) is 6.92 Å². The van der Waals surface area contributed by atoms with E-state index < -0.39 is 0 Å². The number of para-hydroxylation sites is 2. The molecule has 1 N–H and O–H groups in total. The van der Waals surface area contributed by atoms with Crippen LogP contribution in [0, 0.1) is 18.3 Å². The van der Waals surface area contributed by atoms with Crippen LogP contribution in [0.2, 0.25) is 0 Å². The van der Waals surface area contributed by atoms with Gasteiger partial charge in [-0.1, -0.05) is 23.9 Å². The maximum absolute atomic E-state index is 12.0. The standard InChI is InChI=1S/C17H16N4O2S/c1-10-8-15(24-11(2)17(22)20-23-3)21-14-7-5-4-6-13(14)19-16(21)12(10)9-18/h4-8,11H,1-3H3,(H,20,22)/t11-/m0/s1. The smallest absolute Gasteiger partial charge is 0.256 e. The molecular formula is C17H16N4O2S. The number of aromatic nitrogens is 2. The summed E-state index contributed by atoms with van der Waals surface area (Å²) in [6.07, 6.45) is 0. The number of amides is 1. The first-order chi connectivity index (χ1) is 11.6. The number of rotatable bonds is 4. The highest BCUT2D eigenvalue weighted by Crippen LogP contribution is 2.31. The highest BCUT2D eigenvalue weighted by atomic mass is 32.2. The number of carbonyl (C=O) groups excluding carboxylic acids is 1. The second-order valence-electron chi connectivity index (χ2n) is 5.34. The highest BCUT2D eigenvalue weighted by molar-refractivity contribution is 8.00. The molecule has 7 heteroatoms. The van der Waals surface area contributed by atoms with Crippen molar-refractivity contribution < 1.29 is 9.63 Å². The zero-order valence-corrected chi connectivity index (χ0v) is 14.3. The Bertz CT molecular complexity index is 974. The van der Waals surface area contributed by atoms with Gasteiger partial charge >= 0.3 is 0 Å². The third-order valence-electron chi connectivity index (χ3n) is 3.72. The number of imidazole rings is 1. The number of nitrogens with zero attached hydrogens (tertiary/aromatic N) is 3. The Morgan fingerprint density at radius 3 is 2.92 bits per heavy atom. The topological polar surface area (TPSA) is 79.4 Å². The minimum Gasteiger partial charge on any atom is -0.286 e. The second-order valence-corrected chi connectivity index (χ2v) is 6.70. The van der Waals surface area contributed by atoms with Gasteiger partial charge in [0.15, 0.2) is 5.65 Å². The van der Waals surface area contributed by atoms with Gasteiger partial charge in [0.25, 0.3) is 5.91 Å². The molecule has 2 aromatic heterocycles. The number of nitrogens with one attached hydrogen (secondary N) is 1. The first kappa shape index (κ1) is 16.3. The number of nitriles is 1. The molecule has 0 aliphatic heterocycles. The molecule has 6 nitrogen and oxygen atoms in total. The average Bonchev–Trinajstić information content (AvgIpc) is 2.94. The molecule has 1 atom stereocenters. The number of thioether (sulfide) groups is 1. The van der Waals surface area contributed by atoms with E-state index in [1.165, 1.54) is 18.9 Å². The Labute approximate surface area is 143 Å². The van der Waals surface area contributed by atoms with Crippen LogP contribution in [0.4, 0.5) is 0 Å². The predicted octanol–water partition coefficient (Wildman–Crippen LogP) is 2.83. The highest BCUT2D eigenvalue weighted by Gasteiger charge is 2.20. The lowest BCUT2D eigenvalue weighted by Crippen LogP contribution is -2.30. The molecule has 0 spiro atoms. The molecule has 122 valence electrons. The van der Waals surface area contributed by atoms with Crippen molar-refractivity contribution in [3.8, 4) is 6.07 Å². The summed E-state index contributed by atoms with van der Waals surface area (Å²) in [6, 6.07) is 11.9. The maximum atomic E-state index is 12.0. The molecule has 0 fully saturated rings. The number of benzene rings is 1. The average molecular weight is 340 g/mol. The van der Waals surface area contributed by atoms with E-state index in [4.69, 9.17) is 4.84 Å². The molecule has 2 heterocycles. The van der Waals surface area contributed by atoms with Gasteiger partial charge in [0.05, 0.1) is 34.0 Å². The molecule has 0 unspecified atom stereocenters. The second kappa shape index (κ2) is 6.51. The van der Waals surface area contributed by atoms with Crippen LogP contribution in [0.5, 0.6) is 0 Å². The van der Waals surface area contributed by atoms with E-state index in [2.05, 4.69) is 16.5 Å². The van der Waals surface area contributed by atoms with Gasteiger partial charge in [0.2, 0.25) is 0 Å². The fraction of sp³-hybridized carbons (Fsp3) is 0.235. The Morgan fingerprint density at radius 2 is 2.21 bits per heavy atom. The fourth-order valence-corrected chi connectivity index (χ4v) is 3.61. The summed E-state index contributed by atoms with van der Waals surface area (Å²) in [5, 5.41) is 9.98. The minimum atomic E-state index is -0.360. The molecule has 0 bridgehead atoms. The molecule has 0 aliphatic rings. The van der Waals surface area contributed by atoms with Crippen molar-refractivity contribution in [2.24, 2.45) is 0 Å². The fourth-order valence-electron chi connectivity index (χ4n) is 2.56. The van der Waals surface area contributed by atoms with Gasteiger partial charge in [-0.25, -0.2) is 10.5 Å². The summed E-state index contributed by atoms with van der Waals surface area (Å²) in [6.45, 7) is 3.68. The number of fused-ring (bicyclic) bond motifs is 3. The van der Waals surface area contributed by atoms with Crippen molar-refractivity contribution in [3.63, 3.8) is 0 Å². The SMILES string of the molecule is CONC(=O)[C@H](C)Sc1cc(C)c(C#N)c2nc3ccccc3n12. The molecule has 1 aromatic carbocycles. The van der Waals surface area contributed by atoms with E-state index in [0.717, 1.165) is 21.6 Å². The van der Waals surface area contributed by atoms with E-state index in [1.807, 2.05) is 41.7 Å². The van der Waals surface area contributed by atoms with Crippen LogP contribution in [0.1, 0.15) is 18.1 Å². The summed E-state index contributed by atoms with van der Waals surface area (Å²) >= 11 is 1.40. The van der Waals surface area contributed by atoms with Crippen molar-refractivity contribution >= 4 is 34.3 Å². The van der Waals surface area contributed by atoms with Crippen molar-refractivity contribution in [1.82, 2.24) is 14.9 Å². The van der Waals surface area contributed by atoms with Crippen LogP contribution in [0.3, 0.4) is 0 Å². The summed E-state index contributed by atoms with van der Waals surface area (Å²) in [7, 11) is 1.41. The molecule has 3 aromatic rings. The molecule has 3 rings (SSSR count). The van der Waals surface area contributed by atoms with Gasteiger partial charge in [0, 0.05) is 0 Å². The number of aryl methyl sites for hydroxylation is 1. The lowest BCUT2D eigenvalue weighted by molar-refractivity contribution is -0.130. The number of carbonyl (C=O) groups is 1. The lowest BCUT2D eigenvalue weighted by Gasteiger charge is -2.14. The van der Waals surface area contributed by atoms with E-state index in [9.17, 15) is 10.1 Å². The first-order valence-corrected chi connectivity index (χ1v) is 8.25. The third-order valence-corrected chi connectivity index (χ3v) is 4.83. The van der Waals surface area contributed by atoms with Gasteiger partial charge in [-0.15, -0.1) is 0 Å². The zero-order valence-electron chi connectivity index (χ0n) is 13.5.